The third kappa shape index (κ3) is 2.96. The molecule has 1 aliphatic rings. The van der Waals surface area contributed by atoms with Crippen molar-refractivity contribution in [2.24, 2.45) is 0 Å². The fourth-order valence-electron chi connectivity index (χ4n) is 2.20. The fraction of sp³-hybridized carbons (Fsp3) is 0.533. The van der Waals surface area contributed by atoms with Crippen LogP contribution in [0.5, 0.6) is 5.75 Å². The largest absolute Gasteiger partial charge is 0.499 e. The summed E-state index contributed by atoms with van der Waals surface area (Å²) < 4.78 is 17.6. The van der Waals surface area contributed by atoms with Gasteiger partial charge in [0.15, 0.2) is 0 Å². The first-order chi connectivity index (χ1) is 9.71. The van der Waals surface area contributed by atoms with Gasteiger partial charge in [0, 0.05) is 16.0 Å². The maximum Gasteiger partial charge on any atom is 0.499 e. The number of hydrogen-bond acceptors (Lipinski definition) is 4. The first kappa shape index (κ1) is 16.3. The van der Waals surface area contributed by atoms with Gasteiger partial charge >= 0.3 is 7.12 Å². The van der Waals surface area contributed by atoms with E-state index in [4.69, 9.17) is 25.6 Å². The van der Waals surface area contributed by atoms with Crippen LogP contribution >= 0.6 is 11.6 Å². The zero-order valence-corrected chi connectivity index (χ0v) is 13.8. The Morgan fingerprint density at radius 1 is 1.24 bits per heavy atom. The van der Waals surface area contributed by atoms with Crippen molar-refractivity contribution in [1.82, 2.24) is 0 Å². The first-order valence-corrected chi connectivity index (χ1v) is 7.36. The van der Waals surface area contributed by atoms with E-state index in [1.54, 1.807) is 12.1 Å². The molecule has 0 bridgehead atoms. The van der Waals surface area contributed by atoms with Crippen molar-refractivity contribution in [3.8, 4) is 5.75 Å². The monoisotopic (exact) mass is 310 g/mol. The van der Waals surface area contributed by atoms with Crippen molar-refractivity contribution >= 4 is 30.5 Å². The number of rotatable bonds is 4. The van der Waals surface area contributed by atoms with Crippen LogP contribution < -0.4 is 10.2 Å². The Morgan fingerprint density at radius 2 is 1.81 bits per heavy atom. The standard InChI is InChI=1S/C15H20BClO4/c1-6-19-12-8-11(17)7-10(9-18)13(12)16-20-14(2,3)15(4,5)21-16/h7-9H,6H2,1-5H3. The molecular weight excluding hydrogens is 290 g/mol. The molecule has 1 aromatic rings. The van der Waals surface area contributed by atoms with Gasteiger partial charge < -0.3 is 14.0 Å². The number of carbonyl (C=O) groups excluding carboxylic acids is 1. The van der Waals surface area contributed by atoms with Gasteiger partial charge in [-0.1, -0.05) is 11.6 Å². The van der Waals surface area contributed by atoms with Crippen LogP contribution in [-0.2, 0) is 9.31 Å². The Balaban J connectivity index is 2.51. The maximum absolute atomic E-state index is 11.4. The van der Waals surface area contributed by atoms with E-state index in [0.29, 0.717) is 28.4 Å². The molecule has 0 N–H and O–H groups in total. The highest BCUT2D eigenvalue weighted by molar-refractivity contribution is 6.64. The predicted octanol–water partition coefficient (Wildman–Crippen LogP) is 2.85. The van der Waals surface area contributed by atoms with Gasteiger partial charge in [0.25, 0.3) is 0 Å². The average Bonchev–Trinajstić information content (AvgIpc) is 2.57. The molecule has 1 saturated heterocycles. The molecule has 21 heavy (non-hydrogen) atoms. The van der Waals surface area contributed by atoms with Gasteiger partial charge in [-0.15, -0.1) is 0 Å². The van der Waals surface area contributed by atoms with Gasteiger partial charge in [0.05, 0.1) is 17.8 Å². The molecule has 0 saturated carbocycles. The molecule has 0 unspecified atom stereocenters. The Bertz CT molecular complexity index is 541. The first-order valence-electron chi connectivity index (χ1n) is 6.99. The Labute approximate surface area is 130 Å². The summed E-state index contributed by atoms with van der Waals surface area (Å²) in [4.78, 5) is 11.4. The molecule has 0 radical (unpaired) electrons. The highest BCUT2D eigenvalue weighted by Crippen LogP contribution is 2.37. The molecule has 1 fully saturated rings. The highest BCUT2D eigenvalue weighted by atomic mass is 35.5. The Hall–Kier alpha value is -1.04. The van der Waals surface area contributed by atoms with Crippen molar-refractivity contribution in [2.75, 3.05) is 6.61 Å². The third-order valence-electron chi connectivity index (χ3n) is 4.05. The second-order valence-electron chi connectivity index (χ2n) is 6.05. The molecule has 1 aromatic carbocycles. The summed E-state index contributed by atoms with van der Waals surface area (Å²) >= 11 is 6.03. The van der Waals surface area contributed by atoms with Crippen molar-refractivity contribution in [3.05, 3.63) is 22.7 Å². The summed E-state index contributed by atoms with van der Waals surface area (Å²) in [5.41, 5.74) is 0.0429. The second-order valence-corrected chi connectivity index (χ2v) is 6.48. The van der Waals surface area contributed by atoms with Crippen LogP contribution in [0, 0.1) is 0 Å². The lowest BCUT2D eigenvalue weighted by Gasteiger charge is -2.32. The van der Waals surface area contributed by atoms with Gasteiger partial charge in [-0.05, 0) is 46.8 Å². The van der Waals surface area contributed by atoms with Gasteiger partial charge in [0.1, 0.15) is 12.0 Å². The topological polar surface area (TPSA) is 44.8 Å². The maximum atomic E-state index is 11.4. The van der Waals surface area contributed by atoms with Gasteiger partial charge in [-0.25, -0.2) is 0 Å². The van der Waals surface area contributed by atoms with Crippen LogP contribution in [-0.4, -0.2) is 31.2 Å². The SMILES string of the molecule is CCOc1cc(Cl)cc(C=O)c1B1OC(C)(C)C(C)(C)O1. The molecular formula is C15H20BClO4. The number of carbonyl (C=O) groups is 1. The molecule has 6 heteroatoms. The summed E-state index contributed by atoms with van der Waals surface area (Å²) in [7, 11) is -0.658. The molecule has 0 atom stereocenters. The van der Waals surface area contributed by atoms with Gasteiger partial charge in [-0.2, -0.15) is 0 Å². The number of halogens is 1. The average molecular weight is 311 g/mol. The summed E-state index contributed by atoms with van der Waals surface area (Å²) in [6, 6.07) is 3.27. The Kier molecular flexibility index (Phi) is 4.38. The molecule has 1 heterocycles. The molecule has 114 valence electrons. The molecule has 0 aromatic heterocycles. The smallest absolute Gasteiger partial charge is 0.494 e. The normalized spacial score (nSPS) is 19.6. The lowest BCUT2D eigenvalue weighted by Crippen LogP contribution is -2.41. The third-order valence-corrected chi connectivity index (χ3v) is 4.27. The molecule has 4 nitrogen and oxygen atoms in total. The van der Waals surface area contributed by atoms with Crippen molar-refractivity contribution in [1.29, 1.82) is 0 Å². The van der Waals surface area contributed by atoms with Crippen molar-refractivity contribution in [3.63, 3.8) is 0 Å². The lowest BCUT2D eigenvalue weighted by molar-refractivity contribution is 0.00578. The van der Waals surface area contributed by atoms with Crippen molar-refractivity contribution < 1.29 is 18.8 Å². The highest BCUT2D eigenvalue weighted by Gasteiger charge is 2.53. The van der Waals surface area contributed by atoms with E-state index in [1.807, 2.05) is 34.6 Å². The van der Waals surface area contributed by atoms with E-state index >= 15 is 0 Å². The molecule has 0 spiro atoms. The number of hydrogen-bond donors (Lipinski definition) is 0. The molecule has 2 rings (SSSR count). The summed E-state index contributed by atoms with van der Waals surface area (Å²) in [5, 5.41) is 0.445. The van der Waals surface area contributed by atoms with E-state index in [9.17, 15) is 4.79 Å². The minimum atomic E-state index is -0.658. The van der Waals surface area contributed by atoms with Crippen LogP contribution in [0.4, 0.5) is 0 Å². The number of aldehydes is 1. The van der Waals surface area contributed by atoms with Crippen molar-refractivity contribution in [2.45, 2.75) is 45.8 Å². The minimum Gasteiger partial charge on any atom is -0.494 e. The zero-order chi connectivity index (χ0) is 15.8. The van der Waals surface area contributed by atoms with E-state index in [-0.39, 0.29) is 0 Å². The van der Waals surface area contributed by atoms with E-state index < -0.39 is 18.3 Å². The molecule has 0 amide bonds. The van der Waals surface area contributed by atoms with E-state index in [0.717, 1.165) is 6.29 Å². The van der Waals surface area contributed by atoms with Crippen LogP contribution in [0.3, 0.4) is 0 Å². The quantitative estimate of drug-likeness (QED) is 0.633. The minimum absolute atomic E-state index is 0.421. The van der Waals surface area contributed by atoms with Crippen LogP contribution in [0.2, 0.25) is 5.02 Å². The summed E-state index contributed by atoms with van der Waals surface area (Å²) in [5.74, 6) is 0.519. The summed E-state index contributed by atoms with van der Waals surface area (Å²) in [6.45, 7) is 10.2. The van der Waals surface area contributed by atoms with Gasteiger partial charge in [-0.3, -0.25) is 4.79 Å². The molecule has 1 aliphatic heterocycles. The molecule has 0 aliphatic carbocycles. The van der Waals surface area contributed by atoms with Crippen LogP contribution in [0.25, 0.3) is 0 Å². The van der Waals surface area contributed by atoms with Crippen LogP contribution in [0.15, 0.2) is 12.1 Å². The van der Waals surface area contributed by atoms with Gasteiger partial charge in [0.2, 0.25) is 0 Å². The lowest BCUT2D eigenvalue weighted by atomic mass is 9.75. The Morgan fingerprint density at radius 3 is 2.29 bits per heavy atom. The summed E-state index contributed by atoms with van der Waals surface area (Å²) in [6.07, 6.45) is 0.745. The fourth-order valence-corrected chi connectivity index (χ4v) is 2.42. The number of ether oxygens (including phenoxy) is 1. The zero-order valence-electron chi connectivity index (χ0n) is 13.0. The second kappa shape index (κ2) is 5.63. The van der Waals surface area contributed by atoms with E-state index in [2.05, 4.69) is 0 Å². The van der Waals surface area contributed by atoms with E-state index in [1.165, 1.54) is 0 Å². The predicted molar refractivity (Wildman–Crippen MR) is 83.7 cm³/mol. The number of benzene rings is 1. The van der Waals surface area contributed by atoms with Crippen LogP contribution in [0.1, 0.15) is 45.0 Å².